The smallest absolute Gasteiger partial charge is 0.216 e. The van der Waals surface area contributed by atoms with Crippen LogP contribution in [0.2, 0.25) is 0 Å². The quantitative estimate of drug-likeness (QED) is 0.823. The van der Waals surface area contributed by atoms with Crippen LogP contribution in [0.5, 0.6) is 0 Å². The van der Waals surface area contributed by atoms with E-state index in [0.29, 0.717) is 37.1 Å². The van der Waals surface area contributed by atoms with E-state index >= 15 is 0 Å². The molecule has 1 saturated carbocycles. The van der Waals surface area contributed by atoms with Crippen molar-refractivity contribution in [3.63, 3.8) is 0 Å². The second-order valence-electron chi connectivity index (χ2n) is 7.80. The van der Waals surface area contributed by atoms with E-state index in [1.807, 2.05) is 0 Å². The van der Waals surface area contributed by atoms with Crippen LogP contribution in [0.25, 0.3) is 11.1 Å². The molecule has 5 nitrogen and oxygen atoms in total. The number of halogens is 2. The van der Waals surface area contributed by atoms with Gasteiger partial charge in [-0.25, -0.2) is 21.5 Å². The summed E-state index contributed by atoms with van der Waals surface area (Å²) >= 11 is 0. The lowest BCUT2D eigenvalue weighted by Crippen LogP contribution is -2.43. The predicted octanol–water partition coefficient (Wildman–Crippen LogP) is 4.20. The molecule has 2 fully saturated rings. The molecule has 2 aliphatic rings. The van der Waals surface area contributed by atoms with Crippen LogP contribution in [-0.4, -0.2) is 41.3 Å². The van der Waals surface area contributed by atoms with Gasteiger partial charge in [-0.1, -0.05) is 31.4 Å². The molecule has 2 aromatic rings. The Labute approximate surface area is 164 Å². The van der Waals surface area contributed by atoms with Gasteiger partial charge in [0.15, 0.2) is 11.6 Å². The van der Waals surface area contributed by atoms with Gasteiger partial charge < -0.3 is 0 Å². The maximum atomic E-state index is 14.7. The zero-order valence-electron chi connectivity index (χ0n) is 15.7. The molecule has 152 valence electrons. The van der Waals surface area contributed by atoms with Crippen LogP contribution in [0.15, 0.2) is 24.5 Å². The monoisotopic (exact) mass is 409 g/mol. The minimum absolute atomic E-state index is 0.173. The molecule has 0 bridgehead atoms. The molecule has 2 heterocycles. The van der Waals surface area contributed by atoms with Crippen molar-refractivity contribution < 1.29 is 17.2 Å². The summed E-state index contributed by atoms with van der Waals surface area (Å²) in [6, 6.07) is 3.19. The number of hydrogen-bond donors (Lipinski definition) is 1. The highest BCUT2D eigenvalue weighted by atomic mass is 32.2. The lowest BCUT2D eigenvalue weighted by molar-refractivity contribution is 0.306. The molecule has 1 N–H and O–H groups in total. The Morgan fingerprint density at radius 2 is 1.71 bits per heavy atom. The molecule has 0 atom stereocenters. The zero-order chi connectivity index (χ0) is 19.7. The number of aromatic amines is 1. The molecule has 0 amide bonds. The summed E-state index contributed by atoms with van der Waals surface area (Å²) in [7, 11) is -3.29. The van der Waals surface area contributed by atoms with Crippen molar-refractivity contribution in [1.29, 1.82) is 0 Å². The molecule has 1 aromatic carbocycles. The number of aromatic nitrogens is 2. The molecule has 8 heteroatoms. The number of hydrogen-bond acceptors (Lipinski definition) is 3. The van der Waals surface area contributed by atoms with Gasteiger partial charge in [0.2, 0.25) is 10.0 Å². The van der Waals surface area contributed by atoms with Gasteiger partial charge in [0, 0.05) is 30.4 Å². The Bertz CT molecular complexity index is 917. The van der Waals surface area contributed by atoms with Crippen molar-refractivity contribution in [2.75, 3.05) is 13.1 Å². The van der Waals surface area contributed by atoms with Gasteiger partial charge in [0.25, 0.3) is 0 Å². The first-order valence-corrected chi connectivity index (χ1v) is 11.4. The molecule has 1 saturated heterocycles. The molecule has 1 aromatic heterocycles. The summed E-state index contributed by atoms with van der Waals surface area (Å²) in [5, 5.41) is 6.10. The van der Waals surface area contributed by atoms with Crippen LogP contribution in [0.1, 0.15) is 56.4 Å². The molecular formula is C20H25F2N3O2S. The normalized spacial score (nSPS) is 20.5. The van der Waals surface area contributed by atoms with Gasteiger partial charge in [-0.05, 0) is 37.2 Å². The SMILES string of the molecule is O=S(=O)(C1CCCCC1)N1CCC(c2ccc(-c3cn[nH]c3)c(F)c2F)CC1. The van der Waals surface area contributed by atoms with Crippen LogP contribution < -0.4 is 0 Å². The van der Waals surface area contributed by atoms with E-state index in [2.05, 4.69) is 10.2 Å². The zero-order valence-corrected chi connectivity index (χ0v) is 16.5. The highest BCUT2D eigenvalue weighted by Crippen LogP contribution is 2.36. The lowest BCUT2D eigenvalue weighted by atomic mass is 9.88. The van der Waals surface area contributed by atoms with E-state index in [-0.39, 0.29) is 16.7 Å². The van der Waals surface area contributed by atoms with Crippen molar-refractivity contribution in [1.82, 2.24) is 14.5 Å². The fourth-order valence-electron chi connectivity index (χ4n) is 4.50. The average molecular weight is 410 g/mol. The van der Waals surface area contributed by atoms with Crippen LogP contribution >= 0.6 is 0 Å². The van der Waals surface area contributed by atoms with Crippen LogP contribution in [0.3, 0.4) is 0 Å². The van der Waals surface area contributed by atoms with E-state index in [1.165, 1.54) is 12.4 Å². The number of rotatable bonds is 4. The molecule has 1 aliphatic carbocycles. The molecule has 1 aliphatic heterocycles. The summed E-state index contributed by atoms with van der Waals surface area (Å²) in [5.41, 5.74) is 1.00. The third-order valence-electron chi connectivity index (χ3n) is 6.15. The first-order valence-electron chi connectivity index (χ1n) is 9.94. The average Bonchev–Trinajstić information content (AvgIpc) is 3.25. The maximum absolute atomic E-state index is 14.7. The van der Waals surface area contributed by atoms with Crippen LogP contribution in [-0.2, 0) is 10.0 Å². The summed E-state index contributed by atoms with van der Waals surface area (Å²) < 4.78 is 56.6. The molecule has 4 rings (SSSR count). The standard InChI is InChI=1S/C20H25F2N3O2S/c21-19-17(6-7-18(20(19)22)15-12-23-24-13-15)14-8-10-25(11-9-14)28(26,27)16-4-2-1-3-5-16/h6-7,12-14,16H,1-5,8-11H2,(H,23,24). The second-order valence-corrected chi connectivity index (χ2v) is 10.0. The van der Waals surface area contributed by atoms with Gasteiger partial charge in [-0.2, -0.15) is 5.10 Å². The highest BCUT2D eigenvalue weighted by Gasteiger charge is 2.36. The maximum Gasteiger partial charge on any atom is 0.216 e. The van der Waals surface area contributed by atoms with Gasteiger partial charge in [-0.15, -0.1) is 0 Å². The Kier molecular flexibility index (Phi) is 5.51. The Morgan fingerprint density at radius 1 is 1.00 bits per heavy atom. The van der Waals surface area contributed by atoms with E-state index in [0.717, 1.165) is 32.1 Å². The molecular weight excluding hydrogens is 384 g/mol. The van der Waals surface area contributed by atoms with Gasteiger partial charge >= 0.3 is 0 Å². The first-order chi connectivity index (χ1) is 13.5. The van der Waals surface area contributed by atoms with Gasteiger partial charge in [0.1, 0.15) is 0 Å². The fourth-order valence-corrected chi connectivity index (χ4v) is 6.57. The van der Waals surface area contributed by atoms with Crippen molar-refractivity contribution in [3.8, 4) is 11.1 Å². The largest absolute Gasteiger partial charge is 0.285 e. The number of benzene rings is 1. The van der Waals surface area contributed by atoms with Crippen molar-refractivity contribution >= 4 is 10.0 Å². The molecule has 28 heavy (non-hydrogen) atoms. The van der Waals surface area contributed by atoms with E-state index in [9.17, 15) is 17.2 Å². The summed E-state index contributed by atoms with van der Waals surface area (Å²) in [6.07, 6.45) is 8.49. The van der Waals surface area contributed by atoms with Crippen molar-refractivity contribution in [2.45, 2.75) is 56.1 Å². The predicted molar refractivity (Wildman–Crippen MR) is 103 cm³/mol. The summed E-state index contributed by atoms with van der Waals surface area (Å²) in [4.78, 5) is 0. The minimum Gasteiger partial charge on any atom is -0.285 e. The number of H-pyrrole nitrogens is 1. The van der Waals surface area contributed by atoms with Crippen LogP contribution in [0, 0.1) is 11.6 Å². The summed E-state index contributed by atoms with van der Waals surface area (Å²) in [5.74, 6) is -1.89. The molecule has 0 spiro atoms. The minimum atomic E-state index is -3.29. The number of piperidine rings is 1. The number of sulfonamides is 1. The second kappa shape index (κ2) is 7.91. The van der Waals surface area contributed by atoms with E-state index in [1.54, 1.807) is 16.4 Å². The van der Waals surface area contributed by atoms with Crippen LogP contribution in [0.4, 0.5) is 8.78 Å². The van der Waals surface area contributed by atoms with E-state index < -0.39 is 21.7 Å². The number of nitrogens with one attached hydrogen (secondary N) is 1. The summed E-state index contributed by atoms with van der Waals surface area (Å²) in [6.45, 7) is 0.738. The Balaban J connectivity index is 1.47. The third kappa shape index (κ3) is 3.59. The fraction of sp³-hybridized carbons (Fsp3) is 0.550. The van der Waals surface area contributed by atoms with Gasteiger partial charge in [-0.3, -0.25) is 5.10 Å². The topological polar surface area (TPSA) is 66.1 Å². The number of nitrogens with zero attached hydrogens (tertiary/aromatic N) is 2. The highest BCUT2D eigenvalue weighted by molar-refractivity contribution is 7.89. The lowest BCUT2D eigenvalue weighted by Gasteiger charge is -2.35. The first kappa shape index (κ1) is 19.5. The Morgan fingerprint density at radius 3 is 2.36 bits per heavy atom. The van der Waals surface area contributed by atoms with Crippen molar-refractivity contribution in [3.05, 3.63) is 41.7 Å². The third-order valence-corrected chi connectivity index (χ3v) is 8.55. The molecule has 0 unspecified atom stereocenters. The Hall–Kier alpha value is -1.80. The molecule has 0 radical (unpaired) electrons. The van der Waals surface area contributed by atoms with Gasteiger partial charge in [0.05, 0.1) is 11.4 Å². The van der Waals surface area contributed by atoms with Crippen molar-refractivity contribution in [2.24, 2.45) is 0 Å². The van der Waals surface area contributed by atoms with E-state index in [4.69, 9.17) is 0 Å².